The summed E-state index contributed by atoms with van der Waals surface area (Å²) < 4.78 is 8.23. The van der Waals surface area contributed by atoms with E-state index in [4.69, 9.17) is 21.3 Å². The number of imidazole rings is 1. The van der Waals surface area contributed by atoms with Gasteiger partial charge in [0.2, 0.25) is 0 Å². The number of nitrogens with zero attached hydrogens (tertiary/aromatic N) is 3. The number of benzene rings is 2. The summed E-state index contributed by atoms with van der Waals surface area (Å²) in [5.41, 5.74) is 3.20. The number of rotatable bonds is 8. The Balaban J connectivity index is 1.86. The van der Waals surface area contributed by atoms with E-state index >= 15 is 0 Å². The van der Waals surface area contributed by atoms with Gasteiger partial charge < -0.3 is 14.2 Å². The van der Waals surface area contributed by atoms with Crippen LogP contribution < -0.4 is 4.74 Å². The van der Waals surface area contributed by atoms with Crippen LogP contribution >= 0.6 is 11.6 Å². The van der Waals surface area contributed by atoms with Gasteiger partial charge in [-0.25, -0.2) is 4.98 Å². The monoisotopic (exact) mass is 371 g/mol. The predicted molar refractivity (Wildman–Crippen MR) is 108 cm³/mol. The molecule has 4 nitrogen and oxygen atoms in total. The molecule has 0 fully saturated rings. The molecule has 0 saturated heterocycles. The van der Waals surface area contributed by atoms with Crippen LogP contribution in [-0.4, -0.2) is 34.1 Å². The summed E-state index contributed by atoms with van der Waals surface area (Å²) in [5.74, 6) is 1.79. The first-order chi connectivity index (χ1) is 12.6. The van der Waals surface area contributed by atoms with Crippen LogP contribution in [0.15, 0.2) is 42.5 Å². The lowest BCUT2D eigenvalue weighted by molar-refractivity contribution is 0.271. The van der Waals surface area contributed by atoms with E-state index in [1.54, 1.807) is 0 Å². The number of hydrogen-bond acceptors (Lipinski definition) is 3. The summed E-state index contributed by atoms with van der Waals surface area (Å²) in [7, 11) is 0. The van der Waals surface area contributed by atoms with Gasteiger partial charge in [0.25, 0.3) is 0 Å². The zero-order valence-corrected chi connectivity index (χ0v) is 16.5. The molecule has 1 heterocycles. The van der Waals surface area contributed by atoms with Gasteiger partial charge in [0, 0.05) is 18.1 Å². The summed E-state index contributed by atoms with van der Waals surface area (Å²) in [5, 5.41) is 0.729. The van der Waals surface area contributed by atoms with Crippen LogP contribution in [0.5, 0.6) is 5.75 Å². The summed E-state index contributed by atoms with van der Waals surface area (Å²) in [6.45, 7) is 10.8. The molecule has 0 aliphatic heterocycles. The molecule has 0 amide bonds. The highest BCUT2D eigenvalue weighted by molar-refractivity contribution is 6.31. The minimum Gasteiger partial charge on any atom is -0.486 e. The zero-order chi connectivity index (χ0) is 18.5. The molecule has 0 N–H and O–H groups in total. The fraction of sp³-hybridized carbons (Fsp3) is 0.381. The number of hydrogen-bond donors (Lipinski definition) is 0. The van der Waals surface area contributed by atoms with E-state index in [2.05, 4.69) is 36.3 Å². The highest BCUT2D eigenvalue weighted by Crippen LogP contribution is 2.22. The minimum absolute atomic E-state index is 0.438. The van der Waals surface area contributed by atoms with Gasteiger partial charge >= 0.3 is 0 Å². The molecule has 26 heavy (non-hydrogen) atoms. The molecule has 5 heteroatoms. The third-order valence-corrected chi connectivity index (χ3v) is 4.92. The van der Waals surface area contributed by atoms with Crippen molar-refractivity contribution in [1.82, 2.24) is 14.5 Å². The second-order valence-electron chi connectivity index (χ2n) is 6.44. The highest BCUT2D eigenvalue weighted by atomic mass is 35.5. The van der Waals surface area contributed by atoms with Crippen LogP contribution in [0, 0.1) is 6.92 Å². The molecular formula is C21H26ClN3O. The molecule has 0 atom stereocenters. The molecule has 0 bridgehead atoms. The molecule has 0 saturated carbocycles. The largest absolute Gasteiger partial charge is 0.486 e. The molecule has 138 valence electrons. The Bertz CT molecular complexity index is 871. The van der Waals surface area contributed by atoms with Gasteiger partial charge in [-0.1, -0.05) is 37.6 Å². The van der Waals surface area contributed by atoms with Crippen LogP contribution in [-0.2, 0) is 13.2 Å². The van der Waals surface area contributed by atoms with Gasteiger partial charge in [-0.2, -0.15) is 0 Å². The third-order valence-electron chi connectivity index (χ3n) is 4.68. The summed E-state index contributed by atoms with van der Waals surface area (Å²) in [4.78, 5) is 7.19. The van der Waals surface area contributed by atoms with E-state index in [-0.39, 0.29) is 0 Å². The Hall–Kier alpha value is -2.04. The van der Waals surface area contributed by atoms with Gasteiger partial charge in [0.1, 0.15) is 18.2 Å². The van der Waals surface area contributed by atoms with Crippen molar-refractivity contribution >= 4 is 22.6 Å². The van der Waals surface area contributed by atoms with Crippen molar-refractivity contribution in [3.05, 3.63) is 58.9 Å². The average molecular weight is 372 g/mol. The molecular weight excluding hydrogens is 346 g/mol. The lowest BCUT2D eigenvalue weighted by Gasteiger charge is -2.19. The molecule has 0 aliphatic rings. The van der Waals surface area contributed by atoms with Crippen LogP contribution in [0.25, 0.3) is 11.0 Å². The van der Waals surface area contributed by atoms with E-state index in [0.29, 0.717) is 6.61 Å². The molecule has 1 aromatic heterocycles. The van der Waals surface area contributed by atoms with E-state index in [9.17, 15) is 0 Å². The Morgan fingerprint density at radius 2 is 1.92 bits per heavy atom. The zero-order valence-electron chi connectivity index (χ0n) is 15.7. The van der Waals surface area contributed by atoms with Gasteiger partial charge in [-0.3, -0.25) is 0 Å². The minimum atomic E-state index is 0.438. The molecule has 0 unspecified atom stereocenters. The van der Waals surface area contributed by atoms with Crippen LogP contribution in [0.2, 0.25) is 5.02 Å². The Labute approximate surface area is 160 Å². The third kappa shape index (κ3) is 4.37. The Morgan fingerprint density at radius 1 is 1.12 bits per heavy atom. The Kier molecular flexibility index (Phi) is 6.17. The van der Waals surface area contributed by atoms with Crippen LogP contribution in [0.1, 0.15) is 25.2 Å². The van der Waals surface area contributed by atoms with Gasteiger partial charge in [0.05, 0.1) is 11.0 Å². The SMILES string of the molecule is CCN(CC)CCn1c(COc2cccc(C)c2)nc2ccc(Cl)cc21. The first-order valence-electron chi connectivity index (χ1n) is 9.17. The second kappa shape index (κ2) is 8.56. The first kappa shape index (κ1) is 18.7. The number of fused-ring (bicyclic) bond motifs is 1. The number of aromatic nitrogens is 2. The van der Waals surface area contributed by atoms with Crippen molar-refractivity contribution in [3.63, 3.8) is 0 Å². The van der Waals surface area contributed by atoms with Crippen molar-refractivity contribution in [2.45, 2.75) is 33.9 Å². The van der Waals surface area contributed by atoms with Crippen molar-refractivity contribution in [1.29, 1.82) is 0 Å². The number of aryl methyl sites for hydroxylation is 1. The average Bonchev–Trinajstić information content (AvgIpc) is 2.98. The van der Waals surface area contributed by atoms with Crippen LogP contribution in [0.3, 0.4) is 0 Å². The van der Waals surface area contributed by atoms with E-state index in [1.807, 2.05) is 36.4 Å². The Morgan fingerprint density at radius 3 is 2.65 bits per heavy atom. The van der Waals surface area contributed by atoms with E-state index in [1.165, 1.54) is 5.56 Å². The van der Waals surface area contributed by atoms with E-state index in [0.717, 1.165) is 53.8 Å². The molecule has 2 aromatic carbocycles. The van der Waals surface area contributed by atoms with Gasteiger partial charge in [-0.15, -0.1) is 0 Å². The maximum Gasteiger partial charge on any atom is 0.148 e. The maximum atomic E-state index is 6.22. The molecule has 0 spiro atoms. The van der Waals surface area contributed by atoms with Crippen molar-refractivity contribution in [2.24, 2.45) is 0 Å². The maximum absolute atomic E-state index is 6.22. The summed E-state index contributed by atoms with van der Waals surface area (Å²) >= 11 is 6.22. The fourth-order valence-corrected chi connectivity index (χ4v) is 3.31. The van der Waals surface area contributed by atoms with Crippen molar-refractivity contribution < 1.29 is 4.74 Å². The quantitative estimate of drug-likeness (QED) is 0.563. The number of ether oxygens (including phenoxy) is 1. The fourth-order valence-electron chi connectivity index (χ4n) is 3.14. The van der Waals surface area contributed by atoms with Gasteiger partial charge in [0.15, 0.2) is 0 Å². The second-order valence-corrected chi connectivity index (χ2v) is 6.88. The topological polar surface area (TPSA) is 30.3 Å². The summed E-state index contributed by atoms with van der Waals surface area (Å²) in [6.07, 6.45) is 0. The smallest absolute Gasteiger partial charge is 0.148 e. The van der Waals surface area contributed by atoms with E-state index < -0.39 is 0 Å². The highest BCUT2D eigenvalue weighted by Gasteiger charge is 2.13. The number of likely N-dealkylation sites (N-methyl/N-ethyl adjacent to an activating group) is 1. The van der Waals surface area contributed by atoms with Crippen molar-refractivity contribution in [3.8, 4) is 5.75 Å². The normalized spacial score (nSPS) is 11.4. The van der Waals surface area contributed by atoms with Crippen molar-refractivity contribution in [2.75, 3.05) is 19.6 Å². The van der Waals surface area contributed by atoms with Crippen LogP contribution in [0.4, 0.5) is 0 Å². The summed E-state index contributed by atoms with van der Waals surface area (Å²) in [6, 6.07) is 13.9. The van der Waals surface area contributed by atoms with Gasteiger partial charge in [-0.05, 0) is 55.9 Å². The molecule has 0 aliphatic carbocycles. The lowest BCUT2D eigenvalue weighted by Crippen LogP contribution is -2.27. The number of halogens is 1. The standard InChI is InChI=1S/C21H26ClN3O/c1-4-24(5-2)11-12-25-20-14-17(22)9-10-19(20)23-21(25)15-26-18-8-6-7-16(3)13-18/h6-10,13-14H,4-5,11-12,15H2,1-3H3. The molecule has 0 radical (unpaired) electrons. The predicted octanol–water partition coefficient (Wildman–Crippen LogP) is 4.92. The molecule has 3 rings (SSSR count). The first-order valence-corrected chi connectivity index (χ1v) is 9.55. The lowest BCUT2D eigenvalue weighted by atomic mass is 10.2. The molecule has 3 aromatic rings.